The van der Waals surface area contributed by atoms with Crippen molar-refractivity contribution in [3.63, 3.8) is 0 Å². The van der Waals surface area contributed by atoms with E-state index in [2.05, 4.69) is 138 Å². The van der Waals surface area contributed by atoms with Crippen molar-refractivity contribution in [2.45, 2.75) is 97.8 Å². The van der Waals surface area contributed by atoms with E-state index in [4.69, 9.17) is 0 Å². The molecule has 48 heavy (non-hydrogen) atoms. The van der Waals surface area contributed by atoms with Gasteiger partial charge >= 0.3 is 0 Å². The molecule has 9 rings (SSSR count). The van der Waals surface area contributed by atoms with Crippen molar-refractivity contribution in [3.05, 3.63) is 124 Å². The molecule has 238 valence electrons. The van der Waals surface area contributed by atoms with Gasteiger partial charge in [0, 0.05) is 27.9 Å². The molecule has 0 unspecified atom stereocenters. The van der Waals surface area contributed by atoms with Crippen molar-refractivity contribution in [3.8, 4) is 0 Å². The maximum atomic E-state index is 2.73. The molecule has 0 aliphatic carbocycles. The highest BCUT2D eigenvalue weighted by Crippen LogP contribution is 2.47. The van der Waals surface area contributed by atoms with Crippen molar-refractivity contribution in [1.82, 2.24) is 0 Å². The van der Waals surface area contributed by atoms with Crippen molar-refractivity contribution < 1.29 is 0 Å². The molecule has 0 amide bonds. The summed E-state index contributed by atoms with van der Waals surface area (Å²) in [6.45, 7) is 17.4. The highest BCUT2D eigenvalue weighted by molar-refractivity contribution is 7.03. The van der Waals surface area contributed by atoms with Crippen LogP contribution in [0.3, 0.4) is 0 Å². The first-order chi connectivity index (χ1) is 23.2. The van der Waals surface area contributed by atoms with E-state index in [0.717, 1.165) is 12.8 Å². The van der Waals surface area contributed by atoms with Crippen molar-refractivity contribution in [1.29, 1.82) is 0 Å². The quantitative estimate of drug-likeness (QED) is 0.179. The minimum absolute atomic E-state index is 0.0750. The van der Waals surface area contributed by atoms with Gasteiger partial charge in [-0.1, -0.05) is 144 Å². The number of rotatable bonds is 6. The van der Waals surface area contributed by atoms with Gasteiger partial charge in [-0.25, -0.2) is 0 Å². The molecular weight excluding hydrogens is 576 g/mol. The molecule has 0 atom stereocenters. The molecule has 0 aromatic heterocycles. The lowest BCUT2D eigenvalue weighted by molar-refractivity contribution is 0.630. The Hall–Kier alpha value is -3.97. The SMILES string of the molecule is CCCCc1ccc2c3c1C(C)(C)c1ccccc1B3c1cc(C)cc3c1N2c1ccc(CCCC)c2c1B3c1ccccc1C2(C)C. The van der Waals surface area contributed by atoms with Gasteiger partial charge in [0.15, 0.2) is 0 Å². The predicted octanol–water partition coefficient (Wildman–Crippen LogP) is 7.09. The standard InChI is InChI=1S/C45H47B2N/c1-8-10-16-29-22-24-37-41-39(29)44(4,5)31-18-12-14-20-33(31)46(41)35-26-28(3)27-36-43(35)48(37)38-25-23-30(17-11-9-2)40-42(38)47(36)34-21-15-13-19-32(34)45(40,6)7/h12-15,18-27H,8-11,16-17H2,1-7H3. The number of hydrogen-bond acceptors (Lipinski definition) is 1. The molecule has 0 saturated carbocycles. The Kier molecular flexibility index (Phi) is 6.60. The molecule has 0 N–H and O–H groups in total. The molecular formula is C45H47B2N. The van der Waals surface area contributed by atoms with Crippen molar-refractivity contribution in [2.24, 2.45) is 0 Å². The molecule has 4 aliphatic rings. The summed E-state index contributed by atoms with van der Waals surface area (Å²) in [5.41, 5.74) is 23.7. The second-order valence-electron chi connectivity index (χ2n) is 16.2. The smallest absolute Gasteiger partial charge is 0.247 e. The van der Waals surface area contributed by atoms with Gasteiger partial charge in [0.05, 0.1) is 0 Å². The molecule has 3 heteroatoms. The van der Waals surface area contributed by atoms with Gasteiger partial charge in [0.2, 0.25) is 13.4 Å². The van der Waals surface area contributed by atoms with Crippen LogP contribution in [0.4, 0.5) is 17.1 Å². The third kappa shape index (κ3) is 3.82. The minimum atomic E-state index is -0.0750. The number of fused-ring (bicyclic) bond motifs is 8. The molecule has 0 fully saturated rings. The third-order valence-corrected chi connectivity index (χ3v) is 12.6. The Labute approximate surface area is 289 Å². The van der Waals surface area contributed by atoms with E-state index in [1.807, 2.05) is 0 Å². The molecule has 5 aromatic carbocycles. The maximum Gasteiger partial charge on any atom is 0.247 e. The van der Waals surface area contributed by atoms with E-state index in [1.165, 1.54) is 81.3 Å². The van der Waals surface area contributed by atoms with E-state index >= 15 is 0 Å². The monoisotopic (exact) mass is 623 g/mol. The van der Waals surface area contributed by atoms with E-state index in [9.17, 15) is 0 Å². The lowest BCUT2D eigenvalue weighted by Gasteiger charge is -2.51. The van der Waals surface area contributed by atoms with Crippen LogP contribution in [0.25, 0.3) is 0 Å². The Morgan fingerprint density at radius 1 is 0.562 bits per heavy atom. The fourth-order valence-corrected chi connectivity index (χ4v) is 10.7. The van der Waals surface area contributed by atoms with Gasteiger partial charge in [0.1, 0.15) is 0 Å². The number of aryl methyl sites for hydroxylation is 3. The van der Waals surface area contributed by atoms with E-state index < -0.39 is 0 Å². The second kappa shape index (κ2) is 10.5. The summed E-state index contributed by atoms with van der Waals surface area (Å²) in [6.07, 6.45) is 7.14. The number of anilines is 3. The summed E-state index contributed by atoms with van der Waals surface area (Å²) in [5.74, 6) is 0. The van der Waals surface area contributed by atoms with Gasteiger partial charge in [-0.2, -0.15) is 0 Å². The number of nitrogens with zero attached hydrogens (tertiary/aromatic N) is 1. The fraction of sp³-hybridized carbons (Fsp3) is 0.333. The summed E-state index contributed by atoms with van der Waals surface area (Å²) < 4.78 is 0. The molecule has 4 heterocycles. The molecule has 5 aromatic rings. The van der Waals surface area contributed by atoms with Gasteiger partial charge in [-0.15, -0.1) is 0 Å². The second-order valence-corrected chi connectivity index (χ2v) is 16.2. The van der Waals surface area contributed by atoms with Crippen LogP contribution in [-0.4, -0.2) is 13.4 Å². The minimum Gasteiger partial charge on any atom is -0.313 e. The van der Waals surface area contributed by atoms with Crippen molar-refractivity contribution in [2.75, 3.05) is 4.90 Å². The fourth-order valence-electron chi connectivity index (χ4n) is 10.7. The average molecular weight is 624 g/mol. The van der Waals surface area contributed by atoms with Gasteiger partial charge in [-0.05, 0) is 100.0 Å². The summed E-state index contributed by atoms with van der Waals surface area (Å²) in [7, 11) is 0. The molecule has 0 bridgehead atoms. The van der Waals surface area contributed by atoms with Crippen LogP contribution in [-0.2, 0) is 23.7 Å². The third-order valence-electron chi connectivity index (χ3n) is 12.6. The number of unbranched alkanes of at least 4 members (excludes halogenated alkanes) is 2. The first-order valence-electron chi connectivity index (χ1n) is 18.7. The summed E-state index contributed by atoms with van der Waals surface area (Å²) in [5, 5.41) is 0. The van der Waals surface area contributed by atoms with Gasteiger partial charge in [-0.3, -0.25) is 0 Å². The predicted molar refractivity (Wildman–Crippen MR) is 210 cm³/mol. The molecule has 1 nitrogen and oxygen atoms in total. The van der Waals surface area contributed by atoms with Crippen LogP contribution >= 0.6 is 0 Å². The van der Waals surface area contributed by atoms with Crippen LogP contribution in [0.15, 0.2) is 84.9 Å². The van der Waals surface area contributed by atoms with Gasteiger partial charge in [0.25, 0.3) is 0 Å². The Balaban J connectivity index is 1.43. The lowest BCUT2D eigenvalue weighted by atomic mass is 9.26. The Morgan fingerprint density at radius 2 is 1.00 bits per heavy atom. The largest absolute Gasteiger partial charge is 0.313 e. The van der Waals surface area contributed by atoms with Crippen LogP contribution in [0.1, 0.15) is 106 Å². The first kappa shape index (κ1) is 30.1. The van der Waals surface area contributed by atoms with E-state index in [0.29, 0.717) is 0 Å². The Morgan fingerprint density at radius 3 is 1.44 bits per heavy atom. The lowest BCUT2D eigenvalue weighted by Crippen LogP contribution is -2.70. The number of hydrogen-bond donors (Lipinski definition) is 0. The molecule has 0 saturated heterocycles. The number of benzene rings is 5. The van der Waals surface area contributed by atoms with Crippen LogP contribution < -0.4 is 37.7 Å². The summed E-state index contributed by atoms with van der Waals surface area (Å²) in [4.78, 5) is 2.73. The zero-order valence-electron chi connectivity index (χ0n) is 29.9. The molecule has 0 spiro atoms. The topological polar surface area (TPSA) is 3.24 Å². The zero-order valence-corrected chi connectivity index (χ0v) is 29.9. The van der Waals surface area contributed by atoms with E-state index in [1.54, 1.807) is 33.2 Å². The Bertz CT molecular complexity index is 2010. The zero-order chi connectivity index (χ0) is 33.1. The highest BCUT2D eigenvalue weighted by Gasteiger charge is 2.52. The summed E-state index contributed by atoms with van der Waals surface area (Å²) >= 11 is 0. The maximum absolute atomic E-state index is 2.73. The van der Waals surface area contributed by atoms with Crippen LogP contribution in [0.2, 0.25) is 0 Å². The first-order valence-corrected chi connectivity index (χ1v) is 18.7. The van der Waals surface area contributed by atoms with Gasteiger partial charge < -0.3 is 4.90 Å². The normalized spacial score (nSPS) is 16.5. The molecule has 4 aliphatic heterocycles. The highest BCUT2D eigenvalue weighted by atomic mass is 15.2. The van der Waals surface area contributed by atoms with Crippen LogP contribution in [0, 0.1) is 6.92 Å². The van der Waals surface area contributed by atoms with E-state index in [-0.39, 0.29) is 24.3 Å². The van der Waals surface area contributed by atoms with Crippen molar-refractivity contribution >= 4 is 63.3 Å². The van der Waals surface area contributed by atoms with Crippen LogP contribution in [0.5, 0.6) is 0 Å². The average Bonchev–Trinajstić information content (AvgIpc) is 3.08. The molecule has 0 radical (unpaired) electrons. The summed E-state index contributed by atoms with van der Waals surface area (Å²) in [6, 6.07) is 33.9.